The number of carbonyl (C=O) groups excluding carboxylic acids is 2. The van der Waals surface area contributed by atoms with Crippen LogP contribution in [0.25, 0.3) is 0 Å². The Kier molecular flexibility index (Phi) is 7.65. The molecule has 3 saturated heterocycles. The minimum atomic E-state index is -0.100. The third kappa shape index (κ3) is 5.24. The molecule has 3 aliphatic heterocycles. The van der Waals surface area contributed by atoms with Crippen LogP contribution in [0.4, 0.5) is 0 Å². The molecule has 1 aromatic rings. The summed E-state index contributed by atoms with van der Waals surface area (Å²) in [6.07, 6.45) is 4.16. The Morgan fingerprint density at radius 2 is 1.97 bits per heavy atom. The Labute approximate surface area is 190 Å². The van der Waals surface area contributed by atoms with Crippen LogP contribution in [0.15, 0.2) is 24.3 Å². The Balaban J connectivity index is 1.29. The zero-order valence-electron chi connectivity index (χ0n) is 19.2. The Hall–Kier alpha value is -2.16. The number of hydrogen-bond donors (Lipinski definition) is 2. The number of hydrogen-bond acceptors (Lipinski definition) is 6. The van der Waals surface area contributed by atoms with Gasteiger partial charge in [0.15, 0.2) is 0 Å². The molecule has 8 nitrogen and oxygen atoms in total. The van der Waals surface area contributed by atoms with E-state index >= 15 is 0 Å². The second-order valence-electron chi connectivity index (χ2n) is 9.11. The van der Waals surface area contributed by atoms with Gasteiger partial charge >= 0.3 is 0 Å². The minimum Gasteiger partial charge on any atom is -0.497 e. The van der Waals surface area contributed by atoms with E-state index in [4.69, 9.17) is 9.47 Å². The van der Waals surface area contributed by atoms with Crippen LogP contribution in [-0.2, 0) is 20.9 Å². The monoisotopic (exact) mass is 444 g/mol. The summed E-state index contributed by atoms with van der Waals surface area (Å²) in [6.45, 7) is 3.61. The number of carbonyl (C=O) groups is 2. The predicted octanol–water partition coefficient (Wildman–Crippen LogP) is 1.14. The van der Waals surface area contributed by atoms with Gasteiger partial charge in [0.05, 0.1) is 7.11 Å². The second-order valence-corrected chi connectivity index (χ2v) is 9.11. The largest absolute Gasteiger partial charge is 0.497 e. The van der Waals surface area contributed by atoms with Gasteiger partial charge in [0.1, 0.15) is 11.8 Å². The van der Waals surface area contributed by atoms with Crippen molar-refractivity contribution in [3.8, 4) is 5.75 Å². The molecule has 0 bridgehead atoms. The number of likely N-dealkylation sites (tertiary alicyclic amines) is 1. The van der Waals surface area contributed by atoms with Gasteiger partial charge in [-0.2, -0.15) is 0 Å². The molecule has 0 radical (unpaired) electrons. The van der Waals surface area contributed by atoms with Crippen molar-refractivity contribution in [2.75, 3.05) is 40.5 Å². The van der Waals surface area contributed by atoms with E-state index in [1.54, 1.807) is 7.11 Å². The fourth-order valence-corrected chi connectivity index (χ4v) is 5.35. The smallest absolute Gasteiger partial charge is 0.239 e. The maximum atomic E-state index is 13.0. The summed E-state index contributed by atoms with van der Waals surface area (Å²) in [6, 6.07) is 8.40. The number of methoxy groups -OCH3 is 1. The molecule has 4 rings (SSSR count). The van der Waals surface area contributed by atoms with E-state index in [-0.39, 0.29) is 29.9 Å². The standard InChI is InChI=1S/C24H36N4O4/c1-27-19(5-8-22(29)25-15-17-3-6-20(31-2)7-4-17)16-26-24(30)23-21(27)9-12-28(23)18-10-13-32-14-11-18/h3-4,6-7,18-19,21,23H,5,8-16H2,1-2H3,(H,25,29)(H,26,30)/t19-,21+,23-/m0/s1. The van der Waals surface area contributed by atoms with E-state index in [2.05, 4.69) is 27.5 Å². The van der Waals surface area contributed by atoms with Gasteiger partial charge in [0.25, 0.3) is 0 Å². The lowest BCUT2D eigenvalue weighted by atomic mass is 10.0. The number of fused-ring (bicyclic) bond motifs is 1. The predicted molar refractivity (Wildman–Crippen MR) is 121 cm³/mol. The average molecular weight is 445 g/mol. The zero-order chi connectivity index (χ0) is 22.5. The van der Waals surface area contributed by atoms with Gasteiger partial charge in [-0.25, -0.2) is 0 Å². The highest BCUT2D eigenvalue weighted by molar-refractivity contribution is 5.83. The zero-order valence-corrected chi connectivity index (χ0v) is 19.2. The van der Waals surface area contributed by atoms with Crippen molar-refractivity contribution >= 4 is 11.8 Å². The molecule has 3 heterocycles. The van der Waals surface area contributed by atoms with Crippen LogP contribution in [0.5, 0.6) is 5.75 Å². The molecule has 2 amide bonds. The van der Waals surface area contributed by atoms with Crippen LogP contribution >= 0.6 is 0 Å². The van der Waals surface area contributed by atoms with E-state index in [9.17, 15) is 9.59 Å². The Morgan fingerprint density at radius 1 is 1.22 bits per heavy atom. The maximum absolute atomic E-state index is 13.0. The van der Waals surface area contributed by atoms with Crippen molar-refractivity contribution in [3.63, 3.8) is 0 Å². The first kappa shape index (κ1) is 23.0. The van der Waals surface area contributed by atoms with Gasteiger partial charge < -0.3 is 20.1 Å². The van der Waals surface area contributed by atoms with Gasteiger partial charge in [0, 0.05) is 57.4 Å². The van der Waals surface area contributed by atoms with Crippen molar-refractivity contribution < 1.29 is 19.1 Å². The molecule has 3 fully saturated rings. The summed E-state index contributed by atoms with van der Waals surface area (Å²) in [5.41, 5.74) is 1.04. The lowest BCUT2D eigenvalue weighted by Gasteiger charge is -2.37. The number of nitrogens with zero attached hydrogens (tertiary/aromatic N) is 2. The highest BCUT2D eigenvalue weighted by atomic mass is 16.5. The molecule has 0 unspecified atom stereocenters. The average Bonchev–Trinajstić information content (AvgIpc) is 3.24. The van der Waals surface area contributed by atoms with Gasteiger partial charge in [-0.05, 0) is 50.4 Å². The first-order valence-electron chi connectivity index (χ1n) is 11.8. The fourth-order valence-electron chi connectivity index (χ4n) is 5.35. The summed E-state index contributed by atoms with van der Waals surface area (Å²) < 4.78 is 10.7. The van der Waals surface area contributed by atoms with Crippen LogP contribution in [0.1, 0.15) is 37.7 Å². The van der Waals surface area contributed by atoms with Crippen LogP contribution < -0.4 is 15.4 Å². The molecule has 1 aromatic carbocycles. The first-order chi connectivity index (χ1) is 15.6. The summed E-state index contributed by atoms with van der Waals surface area (Å²) in [5.74, 6) is 0.980. The number of benzene rings is 1. The van der Waals surface area contributed by atoms with Gasteiger partial charge in [-0.1, -0.05) is 12.1 Å². The summed E-state index contributed by atoms with van der Waals surface area (Å²) >= 11 is 0. The van der Waals surface area contributed by atoms with Crippen molar-refractivity contribution in [1.29, 1.82) is 0 Å². The van der Waals surface area contributed by atoms with E-state index in [1.165, 1.54) is 0 Å². The van der Waals surface area contributed by atoms with E-state index in [0.29, 0.717) is 25.6 Å². The topological polar surface area (TPSA) is 83.1 Å². The highest BCUT2D eigenvalue weighted by Crippen LogP contribution is 2.31. The van der Waals surface area contributed by atoms with Crippen LogP contribution in [0.3, 0.4) is 0 Å². The fraction of sp³-hybridized carbons (Fsp3) is 0.667. The molecule has 176 valence electrons. The minimum absolute atomic E-state index is 0.0385. The van der Waals surface area contributed by atoms with E-state index in [1.807, 2.05) is 24.3 Å². The second kappa shape index (κ2) is 10.6. The quantitative estimate of drug-likeness (QED) is 0.657. The lowest BCUT2D eigenvalue weighted by molar-refractivity contribution is -0.127. The molecular formula is C24H36N4O4. The van der Waals surface area contributed by atoms with E-state index < -0.39 is 0 Å². The number of ether oxygens (including phenoxy) is 2. The molecule has 0 saturated carbocycles. The number of likely N-dealkylation sites (N-methyl/N-ethyl adjacent to an activating group) is 1. The van der Waals surface area contributed by atoms with Crippen LogP contribution in [-0.4, -0.2) is 86.2 Å². The third-order valence-electron chi connectivity index (χ3n) is 7.30. The van der Waals surface area contributed by atoms with Gasteiger partial charge in [-0.15, -0.1) is 0 Å². The Morgan fingerprint density at radius 3 is 2.69 bits per heavy atom. The van der Waals surface area contributed by atoms with Gasteiger partial charge in [0.2, 0.25) is 11.8 Å². The number of rotatable bonds is 7. The number of nitrogens with one attached hydrogen (secondary N) is 2. The van der Waals surface area contributed by atoms with Crippen molar-refractivity contribution in [2.24, 2.45) is 0 Å². The molecule has 0 spiro atoms. The highest BCUT2D eigenvalue weighted by Gasteiger charge is 2.47. The summed E-state index contributed by atoms with van der Waals surface area (Å²) in [5, 5.41) is 6.17. The molecule has 0 aromatic heterocycles. The third-order valence-corrected chi connectivity index (χ3v) is 7.30. The molecule has 32 heavy (non-hydrogen) atoms. The Bertz CT molecular complexity index is 781. The molecule has 8 heteroatoms. The van der Waals surface area contributed by atoms with Crippen molar-refractivity contribution in [2.45, 2.75) is 62.8 Å². The van der Waals surface area contributed by atoms with E-state index in [0.717, 1.165) is 56.8 Å². The van der Waals surface area contributed by atoms with Crippen LogP contribution in [0, 0.1) is 0 Å². The van der Waals surface area contributed by atoms with Crippen LogP contribution in [0.2, 0.25) is 0 Å². The van der Waals surface area contributed by atoms with Gasteiger partial charge in [-0.3, -0.25) is 19.4 Å². The summed E-state index contributed by atoms with van der Waals surface area (Å²) in [4.78, 5) is 30.2. The van der Waals surface area contributed by atoms with Crippen molar-refractivity contribution in [1.82, 2.24) is 20.4 Å². The molecule has 3 atom stereocenters. The molecular weight excluding hydrogens is 408 g/mol. The molecule has 0 aliphatic carbocycles. The maximum Gasteiger partial charge on any atom is 0.239 e. The van der Waals surface area contributed by atoms with Crippen molar-refractivity contribution in [3.05, 3.63) is 29.8 Å². The lowest BCUT2D eigenvalue weighted by Crippen LogP contribution is -2.53. The first-order valence-corrected chi connectivity index (χ1v) is 11.8. The normalized spacial score (nSPS) is 27.4. The SMILES string of the molecule is COc1ccc(CNC(=O)CC[C@H]2CNC(=O)[C@@H]3[C@@H](CCN3C3CCOCC3)N2C)cc1. The molecule has 2 N–H and O–H groups in total. The molecule has 3 aliphatic rings. The summed E-state index contributed by atoms with van der Waals surface area (Å²) in [7, 11) is 3.76. The number of amides is 2.